The van der Waals surface area contributed by atoms with Gasteiger partial charge in [-0.05, 0) is 61.2 Å². The summed E-state index contributed by atoms with van der Waals surface area (Å²) in [5.41, 5.74) is 1.18. The number of aryl methyl sites for hydroxylation is 1. The minimum atomic E-state index is -0.0490. The fourth-order valence-electron chi connectivity index (χ4n) is 3.61. The Balaban J connectivity index is 1.47. The molecule has 0 bridgehead atoms. The van der Waals surface area contributed by atoms with E-state index in [9.17, 15) is 9.59 Å². The summed E-state index contributed by atoms with van der Waals surface area (Å²) in [5, 5.41) is 1.90. The van der Waals surface area contributed by atoms with E-state index < -0.39 is 0 Å². The lowest BCUT2D eigenvalue weighted by Gasteiger charge is -2.27. The molecule has 0 radical (unpaired) electrons. The maximum Gasteiger partial charge on any atom is 0.264 e. The topological polar surface area (TPSA) is 53.8 Å². The lowest BCUT2D eigenvalue weighted by Crippen LogP contribution is -2.44. The molecular weight excluding hydrogens is 408 g/mol. The molecule has 0 N–H and O–H groups in total. The van der Waals surface area contributed by atoms with Crippen molar-refractivity contribution in [2.45, 2.75) is 32.7 Å². The van der Waals surface area contributed by atoms with Gasteiger partial charge in [-0.1, -0.05) is 36.4 Å². The van der Waals surface area contributed by atoms with Gasteiger partial charge in [0.05, 0.1) is 11.4 Å². The third-order valence-corrected chi connectivity index (χ3v) is 6.39. The zero-order chi connectivity index (χ0) is 21.6. The molecule has 0 spiro atoms. The van der Waals surface area contributed by atoms with Gasteiger partial charge < -0.3 is 14.2 Å². The Morgan fingerprint density at radius 2 is 1.84 bits per heavy atom. The van der Waals surface area contributed by atoms with Crippen molar-refractivity contribution in [2.75, 3.05) is 19.6 Å². The van der Waals surface area contributed by atoms with Crippen molar-refractivity contribution in [3.8, 4) is 0 Å². The first-order valence-corrected chi connectivity index (χ1v) is 11.7. The Morgan fingerprint density at radius 3 is 2.48 bits per heavy atom. The first-order valence-electron chi connectivity index (χ1n) is 10.8. The van der Waals surface area contributed by atoms with Crippen molar-refractivity contribution in [2.24, 2.45) is 5.92 Å². The maximum atomic E-state index is 13.4. The zero-order valence-electron chi connectivity index (χ0n) is 17.8. The van der Waals surface area contributed by atoms with E-state index in [0.29, 0.717) is 30.4 Å². The van der Waals surface area contributed by atoms with E-state index in [1.807, 2.05) is 59.7 Å². The standard InChI is InChI=1S/C25H28N2O3S/c1-19-9-12-22(30-19)17-26(14-13-20-6-3-2-4-7-20)24(28)18-27(16-21-10-11-21)25(29)23-8-5-15-31-23/h2-9,12,15,21H,10-11,13-14,16-18H2,1H3. The average Bonchev–Trinajstić information content (AvgIpc) is 3.24. The molecule has 0 aliphatic heterocycles. The highest BCUT2D eigenvalue weighted by molar-refractivity contribution is 7.12. The minimum absolute atomic E-state index is 0.0458. The van der Waals surface area contributed by atoms with Gasteiger partial charge >= 0.3 is 0 Å². The van der Waals surface area contributed by atoms with Crippen LogP contribution in [0.1, 0.15) is 39.6 Å². The highest BCUT2D eigenvalue weighted by Gasteiger charge is 2.30. The summed E-state index contributed by atoms with van der Waals surface area (Å²) in [4.78, 5) is 30.6. The van der Waals surface area contributed by atoms with Crippen LogP contribution in [0.25, 0.3) is 0 Å². The number of hydrogen-bond acceptors (Lipinski definition) is 4. The van der Waals surface area contributed by atoms with Crippen molar-refractivity contribution >= 4 is 23.2 Å². The molecule has 31 heavy (non-hydrogen) atoms. The van der Waals surface area contributed by atoms with Crippen LogP contribution in [0.15, 0.2) is 64.4 Å². The van der Waals surface area contributed by atoms with Crippen LogP contribution in [0.5, 0.6) is 0 Å². The maximum absolute atomic E-state index is 13.4. The predicted molar refractivity (Wildman–Crippen MR) is 122 cm³/mol. The number of furan rings is 1. The van der Waals surface area contributed by atoms with E-state index in [0.717, 1.165) is 30.8 Å². The molecule has 1 saturated carbocycles. The van der Waals surface area contributed by atoms with Crippen LogP contribution in [0.4, 0.5) is 0 Å². The number of rotatable bonds is 10. The van der Waals surface area contributed by atoms with Crippen LogP contribution < -0.4 is 0 Å². The first kappa shape index (κ1) is 21.4. The molecule has 2 aromatic heterocycles. The molecule has 6 heteroatoms. The predicted octanol–water partition coefficient (Wildman–Crippen LogP) is 4.77. The summed E-state index contributed by atoms with van der Waals surface area (Å²) in [6, 6.07) is 17.7. The van der Waals surface area contributed by atoms with E-state index in [4.69, 9.17) is 4.42 Å². The minimum Gasteiger partial charge on any atom is -0.464 e. The normalized spacial score (nSPS) is 13.2. The SMILES string of the molecule is Cc1ccc(CN(CCc2ccccc2)C(=O)CN(CC2CC2)C(=O)c2cccs2)o1. The van der Waals surface area contributed by atoms with E-state index in [1.54, 1.807) is 4.90 Å². The largest absolute Gasteiger partial charge is 0.464 e. The van der Waals surface area contributed by atoms with Crippen LogP contribution in [0.2, 0.25) is 0 Å². The smallest absolute Gasteiger partial charge is 0.264 e. The molecule has 1 fully saturated rings. The van der Waals surface area contributed by atoms with E-state index in [-0.39, 0.29) is 18.4 Å². The summed E-state index contributed by atoms with van der Waals surface area (Å²) < 4.78 is 5.73. The Morgan fingerprint density at radius 1 is 1.03 bits per heavy atom. The van der Waals surface area contributed by atoms with E-state index in [1.165, 1.54) is 16.9 Å². The quantitative estimate of drug-likeness (QED) is 0.460. The second-order valence-electron chi connectivity index (χ2n) is 8.17. The Labute approximate surface area is 187 Å². The molecule has 0 atom stereocenters. The lowest BCUT2D eigenvalue weighted by molar-refractivity contribution is -0.132. The zero-order valence-corrected chi connectivity index (χ0v) is 18.6. The number of amides is 2. The van der Waals surface area contributed by atoms with Crippen LogP contribution in [0, 0.1) is 12.8 Å². The molecule has 4 rings (SSSR count). The highest BCUT2D eigenvalue weighted by atomic mass is 32.1. The Bertz CT molecular complexity index is 993. The Hall–Kier alpha value is -2.86. The molecule has 2 amide bonds. The van der Waals surface area contributed by atoms with Gasteiger partial charge in [0.25, 0.3) is 5.91 Å². The van der Waals surface area contributed by atoms with Crippen LogP contribution >= 0.6 is 11.3 Å². The van der Waals surface area contributed by atoms with Gasteiger partial charge in [0, 0.05) is 13.1 Å². The number of hydrogen-bond donors (Lipinski definition) is 0. The molecule has 162 valence electrons. The van der Waals surface area contributed by atoms with Gasteiger partial charge in [0.2, 0.25) is 5.91 Å². The lowest BCUT2D eigenvalue weighted by atomic mass is 10.1. The van der Waals surface area contributed by atoms with Crippen LogP contribution in [-0.2, 0) is 17.8 Å². The third kappa shape index (κ3) is 6.07. The van der Waals surface area contributed by atoms with Crippen molar-refractivity contribution in [3.05, 3.63) is 81.9 Å². The molecule has 0 saturated heterocycles. The van der Waals surface area contributed by atoms with E-state index >= 15 is 0 Å². The number of thiophene rings is 1. The summed E-state index contributed by atoms with van der Waals surface area (Å²) >= 11 is 1.42. The molecule has 0 unspecified atom stereocenters. The first-order chi connectivity index (χ1) is 15.1. The van der Waals surface area contributed by atoms with Crippen molar-refractivity contribution < 1.29 is 14.0 Å². The van der Waals surface area contributed by atoms with Crippen LogP contribution in [-0.4, -0.2) is 41.2 Å². The molecule has 1 aromatic carbocycles. The molecule has 5 nitrogen and oxygen atoms in total. The summed E-state index contributed by atoms with van der Waals surface area (Å²) in [6.45, 7) is 3.63. The summed E-state index contributed by atoms with van der Waals surface area (Å²) in [7, 11) is 0. The van der Waals surface area contributed by atoms with Crippen LogP contribution in [0.3, 0.4) is 0 Å². The van der Waals surface area contributed by atoms with Gasteiger partial charge in [-0.25, -0.2) is 0 Å². The van der Waals surface area contributed by atoms with Gasteiger partial charge in [0.1, 0.15) is 18.1 Å². The molecule has 2 heterocycles. The van der Waals surface area contributed by atoms with Gasteiger partial charge in [-0.15, -0.1) is 11.3 Å². The summed E-state index contributed by atoms with van der Waals surface area (Å²) in [6.07, 6.45) is 3.02. The fraction of sp³-hybridized carbons (Fsp3) is 0.360. The van der Waals surface area contributed by atoms with Crippen molar-refractivity contribution in [3.63, 3.8) is 0 Å². The van der Waals surface area contributed by atoms with Crippen molar-refractivity contribution in [1.29, 1.82) is 0 Å². The van der Waals surface area contributed by atoms with Crippen molar-refractivity contribution in [1.82, 2.24) is 9.80 Å². The molecular formula is C25H28N2O3S. The van der Waals surface area contributed by atoms with Gasteiger partial charge in [-0.3, -0.25) is 9.59 Å². The summed E-state index contributed by atoms with van der Waals surface area (Å²) in [5.74, 6) is 2.01. The van der Waals surface area contributed by atoms with E-state index in [2.05, 4.69) is 12.1 Å². The monoisotopic (exact) mass is 436 g/mol. The van der Waals surface area contributed by atoms with Gasteiger partial charge in [0.15, 0.2) is 0 Å². The molecule has 3 aromatic rings. The number of carbonyl (C=O) groups excluding carboxylic acids is 2. The molecule has 1 aliphatic rings. The second kappa shape index (κ2) is 9.96. The fourth-order valence-corrected chi connectivity index (χ4v) is 4.30. The third-order valence-electron chi connectivity index (χ3n) is 5.53. The molecule has 1 aliphatic carbocycles. The van der Waals surface area contributed by atoms with Gasteiger partial charge in [-0.2, -0.15) is 0 Å². The number of nitrogens with zero attached hydrogens (tertiary/aromatic N) is 2. The number of carbonyl (C=O) groups is 2. The number of benzene rings is 1. The highest BCUT2D eigenvalue weighted by Crippen LogP contribution is 2.30. The Kier molecular flexibility index (Phi) is 6.87. The second-order valence-corrected chi connectivity index (χ2v) is 9.12. The average molecular weight is 437 g/mol.